The van der Waals surface area contributed by atoms with Gasteiger partial charge < -0.3 is 14.5 Å². The van der Waals surface area contributed by atoms with Crippen LogP contribution in [0, 0.1) is 0 Å². The molecule has 8 nitrogen and oxygen atoms in total. The van der Waals surface area contributed by atoms with Gasteiger partial charge in [-0.05, 0) is 25.0 Å². The number of nitrogens with zero attached hydrogens (tertiary/aromatic N) is 6. The number of hydrogen-bond acceptors (Lipinski definition) is 5. The monoisotopic (exact) mass is 337 g/mol. The number of pyridine rings is 1. The van der Waals surface area contributed by atoms with Gasteiger partial charge >= 0.3 is 0 Å². The summed E-state index contributed by atoms with van der Waals surface area (Å²) in [5.41, 5.74) is 1.00. The molecule has 1 atom stereocenters. The van der Waals surface area contributed by atoms with Crippen molar-refractivity contribution in [2.24, 2.45) is 7.05 Å². The molecule has 1 N–H and O–H groups in total. The summed E-state index contributed by atoms with van der Waals surface area (Å²) in [6.45, 7) is 0.769. The van der Waals surface area contributed by atoms with E-state index < -0.39 is 0 Å². The first-order valence-electron chi connectivity index (χ1n) is 8.33. The van der Waals surface area contributed by atoms with Gasteiger partial charge in [0.15, 0.2) is 11.6 Å². The predicted molar refractivity (Wildman–Crippen MR) is 90.7 cm³/mol. The fraction of sp³-hybridized carbons (Fsp3) is 0.353. The normalized spacial score (nSPS) is 16.9. The van der Waals surface area contributed by atoms with Gasteiger partial charge in [-0.1, -0.05) is 0 Å². The standard InChI is InChI=1S/C17H19N7O/c1-23-11-9-19-16(23)17(25)20-13-2-3-14-21-22-15(24(14)10-6-13)12-4-7-18-8-5-12/h4-5,7-9,11,13H,2-3,6,10H2,1H3,(H,20,25). The number of fused-ring (bicyclic) bond motifs is 1. The Labute approximate surface area is 144 Å². The Morgan fingerprint density at radius 1 is 1.20 bits per heavy atom. The smallest absolute Gasteiger partial charge is 0.287 e. The summed E-state index contributed by atoms with van der Waals surface area (Å²) in [7, 11) is 1.82. The summed E-state index contributed by atoms with van der Waals surface area (Å²) in [5.74, 6) is 2.11. The minimum absolute atomic E-state index is 0.0937. The van der Waals surface area contributed by atoms with Crippen LogP contribution in [-0.2, 0) is 20.0 Å². The third kappa shape index (κ3) is 3.02. The maximum atomic E-state index is 12.4. The van der Waals surface area contributed by atoms with Gasteiger partial charge in [-0.2, -0.15) is 0 Å². The van der Waals surface area contributed by atoms with Crippen LogP contribution in [0.15, 0.2) is 36.9 Å². The van der Waals surface area contributed by atoms with E-state index in [2.05, 4.69) is 30.0 Å². The minimum Gasteiger partial charge on any atom is -0.347 e. The Bertz CT molecular complexity index is 884. The van der Waals surface area contributed by atoms with Crippen LogP contribution in [0.5, 0.6) is 0 Å². The number of amides is 1. The van der Waals surface area contributed by atoms with E-state index in [1.807, 2.05) is 19.2 Å². The molecular formula is C17H19N7O. The number of rotatable bonds is 3. The highest BCUT2D eigenvalue weighted by atomic mass is 16.2. The molecule has 8 heteroatoms. The molecule has 1 aliphatic heterocycles. The van der Waals surface area contributed by atoms with Crippen LogP contribution in [0.3, 0.4) is 0 Å². The number of nitrogens with one attached hydrogen (secondary N) is 1. The SMILES string of the molecule is Cn1ccnc1C(=O)NC1CCc2nnc(-c3ccncc3)n2CC1. The summed E-state index contributed by atoms with van der Waals surface area (Å²) in [4.78, 5) is 20.5. The summed E-state index contributed by atoms with van der Waals surface area (Å²) in [6.07, 6.45) is 9.36. The zero-order valence-corrected chi connectivity index (χ0v) is 14.0. The molecule has 0 saturated heterocycles. The van der Waals surface area contributed by atoms with E-state index >= 15 is 0 Å². The van der Waals surface area contributed by atoms with E-state index in [1.165, 1.54) is 0 Å². The molecule has 4 heterocycles. The van der Waals surface area contributed by atoms with Crippen LogP contribution in [0.1, 0.15) is 29.3 Å². The molecule has 3 aromatic heterocycles. The second-order valence-corrected chi connectivity index (χ2v) is 6.19. The van der Waals surface area contributed by atoms with Crippen molar-refractivity contribution in [3.05, 3.63) is 48.6 Å². The molecule has 0 fully saturated rings. The average Bonchev–Trinajstić information content (AvgIpc) is 3.19. The highest BCUT2D eigenvalue weighted by Crippen LogP contribution is 2.22. The molecule has 0 bridgehead atoms. The van der Waals surface area contributed by atoms with Crippen molar-refractivity contribution in [2.75, 3.05) is 0 Å². The summed E-state index contributed by atoms with van der Waals surface area (Å²) in [5, 5.41) is 11.8. The van der Waals surface area contributed by atoms with Crippen LogP contribution >= 0.6 is 0 Å². The first-order chi connectivity index (χ1) is 12.2. The number of imidazole rings is 1. The maximum Gasteiger partial charge on any atom is 0.287 e. The van der Waals surface area contributed by atoms with Crippen molar-refractivity contribution in [1.82, 2.24) is 34.6 Å². The molecule has 1 amide bonds. The molecule has 0 aliphatic carbocycles. The largest absolute Gasteiger partial charge is 0.347 e. The number of carbonyl (C=O) groups excluding carboxylic acids is 1. The fourth-order valence-corrected chi connectivity index (χ4v) is 3.18. The molecule has 0 saturated carbocycles. The van der Waals surface area contributed by atoms with Crippen molar-refractivity contribution >= 4 is 5.91 Å². The molecule has 1 unspecified atom stereocenters. The first kappa shape index (κ1) is 15.5. The van der Waals surface area contributed by atoms with Crippen molar-refractivity contribution in [2.45, 2.75) is 31.8 Å². The van der Waals surface area contributed by atoms with Gasteiger partial charge in [-0.15, -0.1) is 10.2 Å². The molecule has 0 radical (unpaired) electrons. The van der Waals surface area contributed by atoms with Gasteiger partial charge in [-0.25, -0.2) is 4.98 Å². The van der Waals surface area contributed by atoms with Gasteiger partial charge in [0.25, 0.3) is 5.91 Å². The van der Waals surface area contributed by atoms with Gasteiger partial charge in [0.1, 0.15) is 5.82 Å². The maximum absolute atomic E-state index is 12.4. The second-order valence-electron chi connectivity index (χ2n) is 6.19. The van der Waals surface area contributed by atoms with E-state index in [-0.39, 0.29) is 11.9 Å². The van der Waals surface area contributed by atoms with Crippen molar-refractivity contribution < 1.29 is 4.79 Å². The lowest BCUT2D eigenvalue weighted by Crippen LogP contribution is -2.36. The lowest BCUT2D eigenvalue weighted by atomic mass is 10.1. The van der Waals surface area contributed by atoms with E-state index in [1.54, 1.807) is 29.4 Å². The zero-order chi connectivity index (χ0) is 17.2. The quantitative estimate of drug-likeness (QED) is 0.776. The van der Waals surface area contributed by atoms with Gasteiger partial charge in [0.05, 0.1) is 0 Å². The fourth-order valence-electron chi connectivity index (χ4n) is 3.18. The summed E-state index contributed by atoms with van der Waals surface area (Å²) >= 11 is 0. The Hall–Kier alpha value is -3.03. The molecule has 0 aromatic carbocycles. The van der Waals surface area contributed by atoms with Crippen LogP contribution in [0.25, 0.3) is 11.4 Å². The van der Waals surface area contributed by atoms with E-state index in [4.69, 9.17) is 0 Å². The van der Waals surface area contributed by atoms with Gasteiger partial charge in [0.2, 0.25) is 0 Å². The zero-order valence-electron chi connectivity index (χ0n) is 14.0. The summed E-state index contributed by atoms with van der Waals surface area (Å²) < 4.78 is 3.87. The number of carbonyl (C=O) groups is 1. The molecule has 3 aromatic rings. The third-order valence-corrected chi connectivity index (χ3v) is 4.54. The average molecular weight is 337 g/mol. The van der Waals surface area contributed by atoms with Crippen LogP contribution in [0.2, 0.25) is 0 Å². The Morgan fingerprint density at radius 3 is 2.80 bits per heavy atom. The van der Waals surface area contributed by atoms with Gasteiger partial charge in [-0.3, -0.25) is 9.78 Å². The Morgan fingerprint density at radius 2 is 2.04 bits per heavy atom. The molecule has 25 heavy (non-hydrogen) atoms. The Balaban J connectivity index is 1.48. The topological polar surface area (TPSA) is 90.5 Å². The lowest BCUT2D eigenvalue weighted by Gasteiger charge is -2.16. The van der Waals surface area contributed by atoms with Crippen molar-refractivity contribution in [1.29, 1.82) is 0 Å². The van der Waals surface area contributed by atoms with Crippen LogP contribution in [-0.4, -0.2) is 41.2 Å². The number of hydrogen-bond donors (Lipinski definition) is 1. The Kier molecular flexibility index (Phi) is 4.01. The van der Waals surface area contributed by atoms with E-state index in [9.17, 15) is 4.79 Å². The number of aromatic nitrogens is 6. The minimum atomic E-state index is -0.135. The molecular weight excluding hydrogens is 318 g/mol. The molecule has 128 valence electrons. The summed E-state index contributed by atoms with van der Waals surface area (Å²) in [6, 6.07) is 3.96. The van der Waals surface area contributed by atoms with Crippen LogP contribution < -0.4 is 5.32 Å². The van der Waals surface area contributed by atoms with Crippen LogP contribution in [0.4, 0.5) is 0 Å². The molecule has 0 spiro atoms. The molecule has 4 rings (SSSR count). The predicted octanol–water partition coefficient (Wildman–Crippen LogP) is 1.21. The highest BCUT2D eigenvalue weighted by molar-refractivity contribution is 5.90. The van der Waals surface area contributed by atoms with Gasteiger partial charge in [0, 0.05) is 56.4 Å². The van der Waals surface area contributed by atoms with Crippen molar-refractivity contribution in [3.8, 4) is 11.4 Å². The lowest BCUT2D eigenvalue weighted by molar-refractivity contribution is 0.0919. The second kappa shape index (κ2) is 6.46. The number of aryl methyl sites for hydroxylation is 2. The van der Waals surface area contributed by atoms with E-state index in [0.717, 1.165) is 43.0 Å². The third-order valence-electron chi connectivity index (χ3n) is 4.54. The highest BCUT2D eigenvalue weighted by Gasteiger charge is 2.23. The molecule has 1 aliphatic rings. The first-order valence-corrected chi connectivity index (χ1v) is 8.33. The van der Waals surface area contributed by atoms with E-state index in [0.29, 0.717) is 5.82 Å². The van der Waals surface area contributed by atoms with Crippen molar-refractivity contribution in [3.63, 3.8) is 0 Å².